The van der Waals surface area contributed by atoms with E-state index >= 15 is 0 Å². The Morgan fingerprint density at radius 3 is 2.67 bits per heavy atom. The highest BCUT2D eigenvalue weighted by molar-refractivity contribution is 6.04. The van der Waals surface area contributed by atoms with Crippen molar-refractivity contribution in [1.29, 1.82) is 0 Å². The topological polar surface area (TPSA) is 84.7 Å². The summed E-state index contributed by atoms with van der Waals surface area (Å²) in [6.45, 7) is 6.88. The van der Waals surface area contributed by atoms with E-state index in [2.05, 4.69) is 17.1 Å². The normalized spacial score (nSPS) is 15.8. The van der Waals surface area contributed by atoms with Crippen LogP contribution in [0, 0.1) is 5.92 Å². The van der Waals surface area contributed by atoms with Crippen LogP contribution in [0.4, 0.5) is 11.4 Å². The number of hydrogen-bond acceptors (Lipinski definition) is 4. The quantitative estimate of drug-likeness (QED) is 0.802. The summed E-state index contributed by atoms with van der Waals surface area (Å²) < 4.78 is 5.34. The van der Waals surface area contributed by atoms with Crippen LogP contribution in [0.2, 0.25) is 0 Å². The van der Waals surface area contributed by atoms with Crippen LogP contribution in [0.5, 0.6) is 0 Å². The van der Waals surface area contributed by atoms with Gasteiger partial charge >= 0.3 is 0 Å². The second-order valence-electron chi connectivity index (χ2n) is 6.23. The molecule has 0 radical (unpaired) electrons. The highest BCUT2D eigenvalue weighted by atomic mass is 16.5. The lowest BCUT2D eigenvalue weighted by Crippen LogP contribution is -2.36. The molecule has 2 rings (SSSR count). The van der Waals surface area contributed by atoms with Gasteiger partial charge in [-0.2, -0.15) is 0 Å². The number of anilines is 2. The predicted molar refractivity (Wildman–Crippen MR) is 95.3 cm³/mol. The van der Waals surface area contributed by atoms with Crippen molar-refractivity contribution < 1.29 is 14.3 Å². The smallest absolute Gasteiger partial charge is 0.250 e. The fourth-order valence-electron chi connectivity index (χ4n) is 2.76. The number of morpholine rings is 1. The van der Waals surface area contributed by atoms with Crippen LogP contribution < -0.4 is 16.0 Å². The number of primary amides is 1. The minimum absolute atomic E-state index is 0.0786. The van der Waals surface area contributed by atoms with Gasteiger partial charge in [0.15, 0.2) is 0 Å². The van der Waals surface area contributed by atoms with E-state index in [1.165, 1.54) is 0 Å². The van der Waals surface area contributed by atoms with E-state index in [1.54, 1.807) is 12.1 Å². The van der Waals surface area contributed by atoms with Crippen molar-refractivity contribution in [3.63, 3.8) is 0 Å². The molecule has 1 aromatic rings. The highest BCUT2D eigenvalue weighted by Gasteiger charge is 2.18. The molecule has 132 valence electrons. The summed E-state index contributed by atoms with van der Waals surface area (Å²) in [5.41, 5.74) is 7.25. The molecule has 2 amide bonds. The molecule has 24 heavy (non-hydrogen) atoms. The van der Waals surface area contributed by atoms with E-state index in [9.17, 15) is 9.59 Å². The molecule has 0 aromatic heterocycles. The van der Waals surface area contributed by atoms with Crippen molar-refractivity contribution in [2.24, 2.45) is 11.7 Å². The average Bonchev–Trinajstić information content (AvgIpc) is 2.60. The molecule has 1 atom stereocenters. The molecule has 1 saturated heterocycles. The van der Waals surface area contributed by atoms with Gasteiger partial charge < -0.3 is 20.7 Å². The molecule has 0 unspecified atom stereocenters. The molecule has 0 bridgehead atoms. The van der Waals surface area contributed by atoms with Gasteiger partial charge in [0.05, 0.1) is 24.5 Å². The summed E-state index contributed by atoms with van der Waals surface area (Å²) in [6, 6.07) is 5.42. The molecule has 6 nitrogen and oxygen atoms in total. The summed E-state index contributed by atoms with van der Waals surface area (Å²) >= 11 is 0. The van der Waals surface area contributed by atoms with Gasteiger partial charge in [-0.05, 0) is 24.6 Å². The number of carbonyl (C=O) groups is 2. The molecule has 0 aliphatic carbocycles. The summed E-state index contributed by atoms with van der Waals surface area (Å²) in [6.07, 6.45) is 2.89. The minimum Gasteiger partial charge on any atom is -0.378 e. The van der Waals surface area contributed by atoms with Gasteiger partial charge in [0.1, 0.15) is 0 Å². The first-order valence-corrected chi connectivity index (χ1v) is 8.60. The second kappa shape index (κ2) is 8.68. The van der Waals surface area contributed by atoms with Crippen LogP contribution in [-0.2, 0) is 9.53 Å². The molecule has 6 heteroatoms. The first kappa shape index (κ1) is 18.3. The monoisotopic (exact) mass is 333 g/mol. The summed E-state index contributed by atoms with van der Waals surface area (Å²) in [4.78, 5) is 26.2. The Labute approximate surface area is 143 Å². The summed E-state index contributed by atoms with van der Waals surface area (Å²) in [5.74, 6) is -0.712. The number of benzene rings is 1. The van der Waals surface area contributed by atoms with Gasteiger partial charge in [-0.25, -0.2) is 0 Å². The zero-order valence-corrected chi connectivity index (χ0v) is 14.5. The van der Waals surface area contributed by atoms with Crippen molar-refractivity contribution in [3.05, 3.63) is 23.8 Å². The van der Waals surface area contributed by atoms with Crippen LogP contribution in [0.25, 0.3) is 0 Å². The van der Waals surface area contributed by atoms with Gasteiger partial charge in [-0.1, -0.05) is 26.7 Å². The van der Waals surface area contributed by atoms with Crippen LogP contribution in [0.15, 0.2) is 18.2 Å². The standard InChI is InChI=1S/C18H27N3O3/c1-3-4-5-13(2)18(23)20-16-7-6-14(12-15(16)17(19)22)21-8-10-24-11-9-21/h6-7,12-13H,3-5,8-11H2,1-2H3,(H2,19,22)(H,20,23)/t13-/m0/s1. The molecule has 3 N–H and O–H groups in total. The minimum atomic E-state index is -0.540. The number of carbonyl (C=O) groups excluding carboxylic acids is 2. The Morgan fingerprint density at radius 2 is 2.04 bits per heavy atom. The van der Waals surface area contributed by atoms with Crippen LogP contribution >= 0.6 is 0 Å². The fourth-order valence-corrected chi connectivity index (χ4v) is 2.76. The fraction of sp³-hybridized carbons (Fsp3) is 0.556. The number of ether oxygens (including phenoxy) is 1. The van der Waals surface area contributed by atoms with Gasteiger partial charge in [-0.3, -0.25) is 9.59 Å². The third-order valence-electron chi connectivity index (χ3n) is 4.34. The molecule has 1 fully saturated rings. The Bertz CT molecular complexity index is 583. The molecular weight excluding hydrogens is 306 g/mol. The third kappa shape index (κ3) is 4.71. The Balaban J connectivity index is 2.14. The summed E-state index contributed by atoms with van der Waals surface area (Å²) in [7, 11) is 0. The number of amides is 2. The predicted octanol–water partition coefficient (Wildman–Crippen LogP) is 2.39. The lowest BCUT2D eigenvalue weighted by Gasteiger charge is -2.29. The second-order valence-corrected chi connectivity index (χ2v) is 6.23. The molecule has 1 aromatic carbocycles. The van der Waals surface area contributed by atoms with E-state index in [0.717, 1.165) is 38.0 Å². The molecule has 0 saturated carbocycles. The van der Waals surface area contributed by atoms with E-state index in [1.807, 2.05) is 13.0 Å². The Kier molecular flexibility index (Phi) is 6.61. The van der Waals surface area contributed by atoms with Gasteiger partial charge in [0.25, 0.3) is 5.91 Å². The van der Waals surface area contributed by atoms with E-state index in [4.69, 9.17) is 10.5 Å². The molecular formula is C18H27N3O3. The maximum Gasteiger partial charge on any atom is 0.250 e. The van der Waals surface area contributed by atoms with Gasteiger partial charge in [0, 0.05) is 24.7 Å². The van der Waals surface area contributed by atoms with Crippen molar-refractivity contribution in [1.82, 2.24) is 0 Å². The SMILES string of the molecule is CCCC[C@H](C)C(=O)Nc1ccc(N2CCOCC2)cc1C(N)=O. The lowest BCUT2D eigenvalue weighted by molar-refractivity contribution is -0.119. The third-order valence-corrected chi connectivity index (χ3v) is 4.34. The van der Waals surface area contributed by atoms with Gasteiger partial charge in [-0.15, -0.1) is 0 Å². The molecule has 1 heterocycles. The number of nitrogens with two attached hydrogens (primary N) is 1. The largest absolute Gasteiger partial charge is 0.378 e. The van der Waals surface area contributed by atoms with Crippen LogP contribution in [-0.4, -0.2) is 38.1 Å². The van der Waals surface area contributed by atoms with Crippen molar-refractivity contribution in [2.45, 2.75) is 33.1 Å². The molecule has 0 spiro atoms. The maximum absolute atomic E-state index is 12.3. The molecule has 1 aliphatic heterocycles. The summed E-state index contributed by atoms with van der Waals surface area (Å²) in [5, 5.41) is 2.85. The van der Waals surface area contributed by atoms with Crippen LogP contribution in [0.3, 0.4) is 0 Å². The Morgan fingerprint density at radius 1 is 1.33 bits per heavy atom. The van der Waals surface area contributed by atoms with E-state index in [-0.39, 0.29) is 11.8 Å². The first-order valence-electron chi connectivity index (χ1n) is 8.60. The first-order chi connectivity index (χ1) is 11.5. The number of unbranched alkanes of at least 4 members (excludes halogenated alkanes) is 1. The zero-order chi connectivity index (χ0) is 17.5. The van der Waals surface area contributed by atoms with E-state index in [0.29, 0.717) is 24.5 Å². The van der Waals surface area contributed by atoms with Crippen molar-refractivity contribution in [2.75, 3.05) is 36.5 Å². The zero-order valence-electron chi connectivity index (χ0n) is 14.5. The van der Waals surface area contributed by atoms with Crippen LogP contribution in [0.1, 0.15) is 43.5 Å². The number of hydrogen-bond donors (Lipinski definition) is 2. The van der Waals surface area contributed by atoms with Gasteiger partial charge in [0.2, 0.25) is 5.91 Å². The molecule has 1 aliphatic rings. The van der Waals surface area contributed by atoms with Crippen molar-refractivity contribution >= 4 is 23.2 Å². The number of nitrogens with zero attached hydrogens (tertiary/aromatic N) is 1. The lowest BCUT2D eigenvalue weighted by atomic mass is 10.0. The highest BCUT2D eigenvalue weighted by Crippen LogP contribution is 2.25. The van der Waals surface area contributed by atoms with Crippen molar-refractivity contribution in [3.8, 4) is 0 Å². The van der Waals surface area contributed by atoms with E-state index < -0.39 is 5.91 Å². The average molecular weight is 333 g/mol. The maximum atomic E-state index is 12.3. The number of nitrogens with one attached hydrogen (secondary N) is 1. The number of rotatable bonds is 7. The Hall–Kier alpha value is -2.08.